The molecule has 2 aliphatic rings. The van der Waals surface area contributed by atoms with Crippen LogP contribution in [0.1, 0.15) is 44.9 Å². The van der Waals surface area contributed by atoms with Crippen molar-refractivity contribution >= 4 is 35.6 Å². The van der Waals surface area contributed by atoms with E-state index in [1.165, 1.54) is 32.1 Å². The number of aromatic nitrogens is 2. The highest BCUT2D eigenvalue weighted by Crippen LogP contribution is 2.32. The highest BCUT2D eigenvalue weighted by Gasteiger charge is 2.13. The number of ether oxygens (including phenoxy) is 3. The molecular formula is C24H36IN5O3. The van der Waals surface area contributed by atoms with Crippen LogP contribution in [0.5, 0.6) is 11.5 Å². The van der Waals surface area contributed by atoms with E-state index < -0.39 is 0 Å². The van der Waals surface area contributed by atoms with E-state index in [0.717, 1.165) is 55.7 Å². The number of nitrogens with zero attached hydrogens (tertiary/aromatic N) is 3. The molecule has 1 aromatic carbocycles. The molecule has 0 bridgehead atoms. The van der Waals surface area contributed by atoms with Crippen LogP contribution >= 0.6 is 24.0 Å². The van der Waals surface area contributed by atoms with Gasteiger partial charge in [-0.1, -0.05) is 19.3 Å². The highest BCUT2D eigenvalue weighted by atomic mass is 127. The van der Waals surface area contributed by atoms with Crippen molar-refractivity contribution in [1.29, 1.82) is 0 Å². The summed E-state index contributed by atoms with van der Waals surface area (Å²) in [7, 11) is 0. The van der Waals surface area contributed by atoms with Crippen LogP contribution in [0.3, 0.4) is 0 Å². The van der Waals surface area contributed by atoms with Crippen LogP contribution < -0.4 is 20.1 Å². The summed E-state index contributed by atoms with van der Waals surface area (Å²) in [6.07, 6.45) is 14.2. The molecule has 1 aliphatic heterocycles. The largest absolute Gasteiger partial charge is 0.490 e. The second-order valence-corrected chi connectivity index (χ2v) is 8.28. The van der Waals surface area contributed by atoms with E-state index in [2.05, 4.69) is 15.6 Å². The molecule has 0 spiro atoms. The first-order valence-electron chi connectivity index (χ1n) is 11.9. The van der Waals surface area contributed by atoms with Crippen LogP contribution in [0.4, 0.5) is 5.69 Å². The third-order valence-corrected chi connectivity index (χ3v) is 5.71. The molecular weight excluding hydrogens is 533 g/mol. The molecule has 182 valence electrons. The van der Waals surface area contributed by atoms with Gasteiger partial charge in [0.25, 0.3) is 0 Å². The molecule has 9 heteroatoms. The first-order valence-corrected chi connectivity index (χ1v) is 11.9. The van der Waals surface area contributed by atoms with Crippen molar-refractivity contribution in [1.82, 2.24) is 14.9 Å². The summed E-state index contributed by atoms with van der Waals surface area (Å²) in [4.78, 5) is 8.86. The molecule has 4 rings (SSSR count). The lowest BCUT2D eigenvalue weighted by molar-refractivity contribution is 0.0281. The molecule has 1 aromatic heterocycles. The molecule has 2 heterocycles. The minimum absolute atomic E-state index is 0. The zero-order valence-corrected chi connectivity index (χ0v) is 21.5. The Morgan fingerprint density at radius 3 is 2.79 bits per heavy atom. The third kappa shape index (κ3) is 8.69. The van der Waals surface area contributed by atoms with Crippen molar-refractivity contribution in [3.63, 3.8) is 0 Å². The second kappa shape index (κ2) is 14.3. The van der Waals surface area contributed by atoms with Crippen LogP contribution in [0.25, 0.3) is 0 Å². The van der Waals surface area contributed by atoms with Gasteiger partial charge in [-0.25, -0.2) is 4.98 Å². The lowest BCUT2D eigenvalue weighted by atomic mass is 9.98. The first kappa shape index (κ1) is 25.6. The minimum atomic E-state index is 0. The maximum Gasteiger partial charge on any atom is 0.195 e. The van der Waals surface area contributed by atoms with Crippen LogP contribution in [0.15, 0.2) is 41.9 Å². The predicted octanol–water partition coefficient (Wildman–Crippen LogP) is 4.46. The summed E-state index contributed by atoms with van der Waals surface area (Å²) in [6, 6.07) is 5.91. The Morgan fingerprint density at radius 2 is 1.97 bits per heavy atom. The average molecular weight is 569 g/mol. The molecule has 2 aromatic rings. The summed E-state index contributed by atoms with van der Waals surface area (Å²) < 4.78 is 19.6. The normalized spacial score (nSPS) is 16.5. The highest BCUT2D eigenvalue weighted by molar-refractivity contribution is 14.0. The van der Waals surface area contributed by atoms with Gasteiger partial charge in [0.1, 0.15) is 0 Å². The van der Waals surface area contributed by atoms with Gasteiger partial charge in [-0.05, 0) is 31.4 Å². The molecule has 33 heavy (non-hydrogen) atoms. The Balaban J connectivity index is 0.00000306. The fourth-order valence-corrected chi connectivity index (χ4v) is 3.98. The monoisotopic (exact) mass is 569 g/mol. The predicted molar refractivity (Wildman–Crippen MR) is 141 cm³/mol. The quantitative estimate of drug-likeness (QED) is 0.201. The standard InChI is InChI=1S/C24H35N5O3.HI/c1-2-6-21(7-3-1)30-15-4-10-26-24(27-12-14-29-13-11-25-19-29)28-20-8-9-22-23(18-20)32-17-5-16-31-22;/h8-9,11,13,18-19,21H,1-7,10,12,14-17H2,(H2,26,27,28);1H. The molecule has 0 unspecified atom stereocenters. The molecule has 0 saturated heterocycles. The lowest BCUT2D eigenvalue weighted by Gasteiger charge is -2.21. The number of anilines is 1. The Hall–Kier alpha value is -2.01. The van der Waals surface area contributed by atoms with Crippen molar-refractivity contribution in [3.8, 4) is 11.5 Å². The smallest absolute Gasteiger partial charge is 0.195 e. The molecule has 1 fully saturated rings. The Bertz CT molecular complexity index is 841. The number of hydrogen-bond donors (Lipinski definition) is 2. The number of aliphatic imine (C=N–C) groups is 1. The SMILES string of the molecule is I.c1cn(CCNC(=NCCCOC2CCCCC2)Nc2ccc3c(c2)OCCCO3)cn1. The average Bonchev–Trinajstić information content (AvgIpc) is 3.23. The minimum Gasteiger partial charge on any atom is -0.490 e. The van der Waals surface area contributed by atoms with Crippen LogP contribution in [-0.4, -0.2) is 54.5 Å². The Kier molecular flexibility index (Phi) is 11.1. The van der Waals surface area contributed by atoms with Gasteiger partial charge in [-0.3, -0.25) is 4.99 Å². The van der Waals surface area contributed by atoms with Crippen molar-refractivity contribution < 1.29 is 14.2 Å². The van der Waals surface area contributed by atoms with Gasteiger partial charge in [-0.15, -0.1) is 24.0 Å². The fourth-order valence-electron chi connectivity index (χ4n) is 3.98. The van der Waals surface area contributed by atoms with Crippen LogP contribution in [0.2, 0.25) is 0 Å². The van der Waals surface area contributed by atoms with E-state index in [0.29, 0.717) is 25.9 Å². The number of halogens is 1. The maximum atomic E-state index is 6.04. The maximum absolute atomic E-state index is 6.04. The van der Waals surface area contributed by atoms with Gasteiger partial charge in [0.05, 0.1) is 25.6 Å². The topological polar surface area (TPSA) is 81.9 Å². The van der Waals surface area contributed by atoms with E-state index in [1.54, 1.807) is 6.20 Å². The van der Waals surface area contributed by atoms with Gasteiger partial charge >= 0.3 is 0 Å². The molecule has 2 N–H and O–H groups in total. The summed E-state index contributed by atoms with van der Waals surface area (Å²) >= 11 is 0. The first-order chi connectivity index (χ1) is 15.9. The molecule has 1 saturated carbocycles. The summed E-state index contributed by atoms with van der Waals surface area (Å²) in [5.74, 6) is 2.31. The summed E-state index contributed by atoms with van der Waals surface area (Å²) in [5.41, 5.74) is 0.918. The lowest BCUT2D eigenvalue weighted by Crippen LogP contribution is -2.33. The van der Waals surface area contributed by atoms with E-state index in [1.807, 2.05) is 35.3 Å². The van der Waals surface area contributed by atoms with Crippen LogP contribution in [-0.2, 0) is 11.3 Å². The van der Waals surface area contributed by atoms with Crippen molar-refractivity contribution in [2.75, 3.05) is 38.2 Å². The van der Waals surface area contributed by atoms with E-state index >= 15 is 0 Å². The molecule has 0 atom stereocenters. The van der Waals surface area contributed by atoms with Gasteiger partial charge in [0.15, 0.2) is 17.5 Å². The van der Waals surface area contributed by atoms with Gasteiger partial charge in [-0.2, -0.15) is 0 Å². The molecule has 0 radical (unpaired) electrons. The number of hydrogen-bond acceptors (Lipinski definition) is 5. The third-order valence-electron chi connectivity index (χ3n) is 5.71. The van der Waals surface area contributed by atoms with Gasteiger partial charge in [0, 0.05) is 56.8 Å². The van der Waals surface area contributed by atoms with Gasteiger partial charge < -0.3 is 29.4 Å². The number of guanidine groups is 1. The van der Waals surface area contributed by atoms with E-state index in [-0.39, 0.29) is 24.0 Å². The number of nitrogens with one attached hydrogen (secondary N) is 2. The zero-order valence-electron chi connectivity index (χ0n) is 19.2. The van der Waals surface area contributed by atoms with Crippen molar-refractivity contribution in [2.45, 2.75) is 57.6 Å². The molecule has 0 amide bonds. The second-order valence-electron chi connectivity index (χ2n) is 8.28. The number of imidazole rings is 1. The van der Waals surface area contributed by atoms with E-state index in [4.69, 9.17) is 19.2 Å². The number of benzene rings is 1. The zero-order chi connectivity index (χ0) is 21.8. The Morgan fingerprint density at radius 1 is 1.12 bits per heavy atom. The van der Waals surface area contributed by atoms with Crippen molar-refractivity contribution in [3.05, 3.63) is 36.9 Å². The Labute approximate surface area is 213 Å². The van der Waals surface area contributed by atoms with Crippen molar-refractivity contribution in [2.24, 2.45) is 4.99 Å². The fraction of sp³-hybridized carbons (Fsp3) is 0.583. The van der Waals surface area contributed by atoms with Crippen LogP contribution in [0, 0.1) is 0 Å². The summed E-state index contributed by atoms with van der Waals surface area (Å²) in [5, 5.41) is 6.82. The number of fused-ring (bicyclic) bond motifs is 1. The molecule has 8 nitrogen and oxygen atoms in total. The number of rotatable bonds is 9. The molecule has 1 aliphatic carbocycles. The van der Waals surface area contributed by atoms with E-state index in [9.17, 15) is 0 Å². The van der Waals surface area contributed by atoms with Gasteiger partial charge in [0.2, 0.25) is 0 Å². The summed E-state index contributed by atoms with van der Waals surface area (Å²) in [6.45, 7) is 4.38.